The van der Waals surface area contributed by atoms with Gasteiger partial charge in [0.15, 0.2) is 5.15 Å². The third kappa shape index (κ3) is 4.12. The first kappa shape index (κ1) is 13.6. The van der Waals surface area contributed by atoms with Gasteiger partial charge < -0.3 is 4.74 Å². The van der Waals surface area contributed by atoms with Crippen molar-refractivity contribution in [2.45, 2.75) is 6.61 Å². The van der Waals surface area contributed by atoms with Gasteiger partial charge in [0.2, 0.25) is 0 Å². The molecule has 1 aromatic carbocycles. The highest BCUT2D eigenvalue weighted by Gasteiger charge is 2.08. The van der Waals surface area contributed by atoms with Crippen LogP contribution in [0.5, 0.6) is 0 Å². The van der Waals surface area contributed by atoms with Crippen molar-refractivity contribution in [3.63, 3.8) is 0 Å². The summed E-state index contributed by atoms with van der Waals surface area (Å²) in [6.07, 6.45) is 0.777. The monoisotopic (exact) mass is 296 g/mol. The molecule has 2 rings (SSSR count). The summed E-state index contributed by atoms with van der Waals surface area (Å²) in [6, 6.07) is 10.9. The van der Waals surface area contributed by atoms with Gasteiger partial charge in [-0.05, 0) is 11.6 Å². The molecule has 0 aliphatic heterocycles. The van der Waals surface area contributed by atoms with Gasteiger partial charge >= 0.3 is 6.09 Å². The lowest BCUT2D eigenvalue weighted by Gasteiger charge is -2.08. The Bertz CT molecular complexity index is 576. The molecule has 98 valence electrons. The predicted molar refractivity (Wildman–Crippen MR) is 74.5 cm³/mol. The molecule has 0 aliphatic carbocycles. The second kappa shape index (κ2) is 6.41. The molecule has 0 saturated carbocycles. The van der Waals surface area contributed by atoms with Gasteiger partial charge in [-0.2, -0.15) is 0 Å². The number of carbonyl (C=O) groups is 1. The van der Waals surface area contributed by atoms with Crippen LogP contribution < -0.4 is 5.32 Å². The van der Waals surface area contributed by atoms with E-state index in [1.54, 1.807) is 0 Å². The number of hydrogen-bond acceptors (Lipinski definition) is 3. The minimum atomic E-state index is -0.616. The van der Waals surface area contributed by atoms with Gasteiger partial charge in [-0.25, -0.2) is 9.78 Å². The maximum Gasteiger partial charge on any atom is 0.412 e. The lowest BCUT2D eigenvalue weighted by Crippen LogP contribution is -2.14. The first-order valence-corrected chi connectivity index (χ1v) is 6.19. The standard InChI is InChI=1S/C13H10Cl2N2O2/c14-10-6-11(12(15)16-7-10)17-13(18)19-8-9-4-2-1-3-5-9/h1-7H,8H2,(H,17,18). The smallest absolute Gasteiger partial charge is 0.412 e. The van der Waals surface area contributed by atoms with Gasteiger partial charge in [0.25, 0.3) is 0 Å². The molecule has 0 radical (unpaired) electrons. The second-order valence-electron chi connectivity index (χ2n) is 3.68. The number of nitrogens with zero attached hydrogens (tertiary/aromatic N) is 1. The highest BCUT2D eigenvalue weighted by atomic mass is 35.5. The van der Waals surface area contributed by atoms with Crippen LogP contribution in [0.2, 0.25) is 10.2 Å². The molecule has 1 amide bonds. The lowest BCUT2D eigenvalue weighted by molar-refractivity contribution is 0.155. The Morgan fingerprint density at radius 2 is 2.00 bits per heavy atom. The fourth-order valence-electron chi connectivity index (χ4n) is 1.38. The van der Waals surface area contributed by atoms with Gasteiger partial charge in [0.05, 0.1) is 10.7 Å². The van der Waals surface area contributed by atoms with Gasteiger partial charge in [-0.1, -0.05) is 53.5 Å². The van der Waals surface area contributed by atoms with Crippen LogP contribution in [0.4, 0.5) is 10.5 Å². The summed E-state index contributed by atoms with van der Waals surface area (Å²) >= 11 is 11.6. The lowest BCUT2D eigenvalue weighted by atomic mass is 10.2. The maximum atomic E-state index is 11.6. The Balaban J connectivity index is 1.93. The topological polar surface area (TPSA) is 51.2 Å². The Hall–Kier alpha value is -1.78. The molecule has 0 unspecified atom stereocenters. The van der Waals surface area contributed by atoms with Crippen molar-refractivity contribution in [2.75, 3.05) is 5.32 Å². The molecule has 0 fully saturated rings. The van der Waals surface area contributed by atoms with Crippen LogP contribution in [0.3, 0.4) is 0 Å². The van der Waals surface area contributed by atoms with Crippen LogP contribution in [0.25, 0.3) is 0 Å². The third-order valence-electron chi connectivity index (χ3n) is 2.26. The van der Waals surface area contributed by atoms with E-state index in [9.17, 15) is 4.79 Å². The zero-order chi connectivity index (χ0) is 13.7. The zero-order valence-corrected chi connectivity index (χ0v) is 11.3. The number of benzene rings is 1. The van der Waals surface area contributed by atoms with Crippen molar-refractivity contribution >= 4 is 35.0 Å². The molecule has 1 N–H and O–H groups in total. The summed E-state index contributed by atoms with van der Waals surface area (Å²) in [5, 5.41) is 3.01. The van der Waals surface area contributed by atoms with Crippen LogP contribution in [0, 0.1) is 0 Å². The number of pyridine rings is 1. The van der Waals surface area contributed by atoms with E-state index in [-0.39, 0.29) is 11.8 Å². The summed E-state index contributed by atoms with van der Waals surface area (Å²) < 4.78 is 5.05. The summed E-state index contributed by atoms with van der Waals surface area (Å²) in [4.78, 5) is 15.4. The molecule has 6 heteroatoms. The molecular formula is C13H10Cl2N2O2. The van der Waals surface area contributed by atoms with E-state index in [0.717, 1.165) is 5.56 Å². The van der Waals surface area contributed by atoms with Crippen molar-refractivity contribution in [3.05, 3.63) is 58.3 Å². The van der Waals surface area contributed by atoms with Gasteiger partial charge in [0, 0.05) is 6.20 Å². The molecule has 0 aliphatic rings. The Kier molecular flexibility index (Phi) is 4.60. The van der Waals surface area contributed by atoms with Gasteiger partial charge in [-0.15, -0.1) is 0 Å². The van der Waals surface area contributed by atoms with Gasteiger partial charge in [-0.3, -0.25) is 5.32 Å². The molecule has 2 aromatic rings. The van der Waals surface area contributed by atoms with Crippen molar-refractivity contribution in [1.82, 2.24) is 4.98 Å². The van der Waals surface area contributed by atoms with Crippen LogP contribution in [0.15, 0.2) is 42.6 Å². The summed E-state index contributed by atoms with van der Waals surface area (Å²) in [5.41, 5.74) is 1.21. The minimum absolute atomic E-state index is 0.154. The molecule has 0 atom stereocenters. The molecule has 0 spiro atoms. The number of rotatable bonds is 3. The number of aromatic nitrogens is 1. The second-order valence-corrected chi connectivity index (χ2v) is 4.47. The first-order chi connectivity index (χ1) is 9.15. The van der Waals surface area contributed by atoms with E-state index in [2.05, 4.69) is 10.3 Å². The normalized spacial score (nSPS) is 10.0. The highest BCUT2D eigenvalue weighted by molar-refractivity contribution is 6.34. The summed E-state index contributed by atoms with van der Waals surface area (Å²) in [7, 11) is 0. The quantitative estimate of drug-likeness (QED) is 0.866. The first-order valence-electron chi connectivity index (χ1n) is 5.44. The van der Waals surface area contributed by atoms with Crippen molar-refractivity contribution in [1.29, 1.82) is 0 Å². The van der Waals surface area contributed by atoms with E-state index in [0.29, 0.717) is 10.7 Å². The number of anilines is 1. The highest BCUT2D eigenvalue weighted by Crippen LogP contribution is 2.22. The molecule has 0 bridgehead atoms. The van der Waals surface area contributed by atoms with Crippen LogP contribution in [-0.2, 0) is 11.3 Å². The molecule has 0 saturated heterocycles. The zero-order valence-electron chi connectivity index (χ0n) is 9.77. The molecular weight excluding hydrogens is 287 g/mol. The Labute approximate surface area is 120 Å². The molecule has 1 aromatic heterocycles. The van der Waals surface area contributed by atoms with Gasteiger partial charge in [0.1, 0.15) is 6.61 Å². The average molecular weight is 297 g/mol. The van der Waals surface area contributed by atoms with Crippen LogP contribution in [0.1, 0.15) is 5.56 Å². The Morgan fingerprint density at radius 1 is 1.26 bits per heavy atom. The number of amides is 1. The number of hydrogen-bond donors (Lipinski definition) is 1. The summed E-state index contributed by atoms with van der Waals surface area (Å²) in [6.45, 7) is 0.179. The average Bonchev–Trinajstić information content (AvgIpc) is 2.42. The van der Waals surface area contributed by atoms with Crippen molar-refractivity contribution < 1.29 is 9.53 Å². The maximum absolute atomic E-state index is 11.6. The summed E-state index contributed by atoms with van der Waals surface area (Å²) in [5.74, 6) is 0. The van der Waals surface area contributed by atoms with E-state index < -0.39 is 6.09 Å². The van der Waals surface area contributed by atoms with Crippen LogP contribution in [-0.4, -0.2) is 11.1 Å². The number of nitrogens with one attached hydrogen (secondary N) is 1. The largest absolute Gasteiger partial charge is 0.444 e. The van der Waals surface area contributed by atoms with E-state index >= 15 is 0 Å². The fraction of sp³-hybridized carbons (Fsp3) is 0.0769. The Morgan fingerprint density at radius 3 is 2.74 bits per heavy atom. The predicted octanol–water partition coefficient (Wildman–Crippen LogP) is 4.14. The fourth-order valence-corrected chi connectivity index (χ4v) is 1.69. The van der Waals surface area contributed by atoms with E-state index in [1.807, 2.05) is 30.3 Å². The number of ether oxygens (including phenoxy) is 1. The SMILES string of the molecule is O=C(Nc1cc(Cl)cnc1Cl)OCc1ccccc1. The molecule has 19 heavy (non-hydrogen) atoms. The molecule has 1 heterocycles. The number of halogens is 2. The van der Waals surface area contributed by atoms with E-state index in [4.69, 9.17) is 27.9 Å². The van der Waals surface area contributed by atoms with Crippen LogP contribution >= 0.6 is 23.2 Å². The molecule has 4 nitrogen and oxygen atoms in total. The van der Waals surface area contributed by atoms with Crippen molar-refractivity contribution in [2.24, 2.45) is 0 Å². The number of carbonyl (C=O) groups excluding carboxylic acids is 1. The van der Waals surface area contributed by atoms with E-state index in [1.165, 1.54) is 12.3 Å². The third-order valence-corrected chi connectivity index (χ3v) is 2.76. The minimum Gasteiger partial charge on any atom is -0.444 e. The van der Waals surface area contributed by atoms with Crippen molar-refractivity contribution in [3.8, 4) is 0 Å².